The number of carbonyl (C=O) groups excluding carboxylic acids is 1. The summed E-state index contributed by atoms with van der Waals surface area (Å²) in [4.78, 5) is 34.0. The summed E-state index contributed by atoms with van der Waals surface area (Å²) in [5.74, 6) is 0.273. The fourth-order valence-corrected chi connectivity index (χ4v) is 5.52. The molecule has 1 atom stereocenters. The number of aryl methyl sites for hydroxylation is 1. The Hall–Kier alpha value is -2.51. The van der Waals surface area contributed by atoms with Gasteiger partial charge in [0.25, 0.3) is 5.56 Å². The number of carbonyl (C=O) groups is 1. The molecule has 3 heterocycles. The molecule has 1 aliphatic rings. The van der Waals surface area contributed by atoms with Gasteiger partial charge in [0.1, 0.15) is 4.83 Å². The molecule has 1 aromatic carbocycles. The van der Waals surface area contributed by atoms with Gasteiger partial charge in [0.15, 0.2) is 0 Å². The second kappa shape index (κ2) is 9.55. The molecule has 1 aliphatic heterocycles. The van der Waals surface area contributed by atoms with Crippen molar-refractivity contribution in [3.05, 3.63) is 63.5 Å². The minimum atomic E-state index is -1.01. The number of fused-ring (bicyclic) bond motifs is 1. The molecule has 4 rings (SSSR count). The Morgan fingerprint density at radius 3 is 2.66 bits per heavy atom. The maximum atomic E-state index is 12.9. The molecule has 0 bridgehead atoms. The van der Waals surface area contributed by atoms with Crippen LogP contribution < -0.4 is 5.56 Å². The van der Waals surface area contributed by atoms with E-state index < -0.39 is 5.60 Å². The normalized spacial score (nSPS) is 16.9. The number of hydrogen-bond donors (Lipinski definition) is 1. The van der Waals surface area contributed by atoms with Crippen LogP contribution in [-0.4, -0.2) is 44.2 Å². The van der Waals surface area contributed by atoms with Crippen molar-refractivity contribution in [2.45, 2.75) is 64.0 Å². The lowest BCUT2D eigenvalue weighted by atomic mass is 9.90. The zero-order valence-corrected chi connectivity index (χ0v) is 19.6. The van der Waals surface area contributed by atoms with Crippen molar-refractivity contribution in [2.75, 3.05) is 13.1 Å². The first-order valence-corrected chi connectivity index (χ1v) is 12.2. The Bertz CT molecular complexity index is 1130. The molecule has 32 heavy (non-hydrogen) atoms. The smallest absolute Gasteiger partial charge is 0.262 e. The topological polar surface area (TPSA) is 75.4 Å². The maximum Gasteiger partial charge on any atom is 0.262 e. The summed E-state index contributed by atoms with van der Waals surface area (Å²) in [7, 11) is 0. The second-order valence-corrected chi connectivity index (χ2v) is 10.1. The molecule has 2 aromatic heterocycles. The van der Waals surface area contributed by atoms with E-state index in [-0.39, 0.29) is 23.9 Å². The molecule has 6 nitrogen and oxygen atoms in total. The van der Waals surface area contributed by atoms with Crippen LogP contribution in [0, 0.1) is 0 Å². The lowest BCUT2D eigenvalue weighted by Crippen LogP contribution is -2.49. The molecular formula is C25H31N3O3S. The first-order chi connectivity index (χ1) is 15.4. The summed E-state index contributed by atoms with van der Waals surface area (Å²) in [6, 6.07) is 12.0. The van der Waals surface area contributed by atoms with Crippen molar-refractivity contribution < 1.29 is 9.90 Å². The van der Waals surface area contributed by atoms with Crippen LogP contribution in [-0.2, 0) is 17.8 Å². The Balaban J connectivity index is 1.38. The fourth-order valence-electron chi connectivity index (χ4n) is 4.43. The number of thiophene rings is 1. The van der Waals surface area contributed by atoms with Gasteiger partial charge >= 0.3 is 0 Å². The van der Waals surface area contributed by atoms with E-state index in [2.05, 4.69) is 18.8 Å². The molecule has 3 aromatic rings. The molecule has 1 unspecified atom stereocenters. The highest BCUT2D eigenvalue weighted by Crippen LogP contribution is 2.27. The highest BCUT2D eigenvalue weighted by atomic mass is 32.1. The highest BCUT2D eigenvalue weighted by Gasteiger charge is 2.35. The molecule has 1 saturated heterocycles. The molecule has 0 spiro atoms. The van der Waals surface area contributed by atoms with Crippen molar-refractivity contribution in [1.82, 2.24) is 14.5 Å². The van der Waals surface area contributed by atoms with Crippen LogP contribution in [0.4, 0.5) is 0 Å². The van der Waals surface area contributed by atoms with Gasteiger partial charge < -0.3 is 10.0 Å². The Morgan fingerprint density at radius 2 is 1.97 bits per heavy atom. The van der Waals surface area contributed by atoms with Crippen LogP contribution in [0.3, 0.4) is 0 Å². The molecule has 1 amide bonds. The number of nitrogens with zero attached hydrogens (tertiary/aromatic N) is 3. The van der Waals surface area contributed by atoms with Crippen LogP contribution in [0.2, 0.25) is 0 Å². The third-order valence-electron chi connectivity index (χ3n) is 6.43. The maximum absolute atomic E-state index is 12.9. The Kier molecular flexibility index (Phi) is 6.76. The molecule has 1 N–H and O–H groups in total. The van der Waals surface area contributed by atoms with E-state index in [9.17, 15) is 14.7 Å². The van der Waals surface area contributed by atoms with Gasteiger partial charge in [-0.25, -0.2) is 4.98 Å². The number of likely N-dealkylation sites (tertiary alicyclic amines) is 1. The van der Waals surface area contributed by atoms with Crippen LogP contribution in [0.15, 0.2) is 47.5 Å². The van der Waals surface area contributed by atoms with E-state index in [4.69, 9.17) is 0 Å². The predicted octanol–water partition coefficient (Wildman–Crippen LogP) is 3.96. The van der Waals surface area contributed by atoms with E-state index >= 15 is 0 Å². The third kappa shape index (κ3) is 4.94. The van der Waals surface area contributed by atoms with Crippen molar-refractivity contribution in [3.63, 3.8) is 0 Å². The van der Waals surface area contributed by atoms with Crippen LogP contribution >= 0.6 is 11.3 Å². The first kappa shape index (κ1) is 22.7. The first-order valence-electron chi connectivity index (χ1n) is 11.4. The molecule has 0 saturated carbocycles. The van der Waals surface area contributed by atoms with Crippen LogP contribution in [0.1, 0.15) is 55.9 Å². The van der Waals surface area contributed by atoms with Gasteiger partial charge in [0, 0.05) is 24.4 Å². The third-order valence-corrected chi connectivity index (χ3v) is 7.53. The summed E-state index contributed by atoms with van der Waals surface area (Å²) < 4.78 is 1.53. The summed E-state index contributed by atoms with van der Waals surface area (Å²) in [6.07, 6.45) is 4.88. The van der Waals surface area contributed by atoms with Gasteiger partial charge in [-0.15, -0.1) is 11.3 Å². The Labute approximate surface area is 192 Å². The summed E-state index contributed by atoms with van der Waals surface area (Å²) >= 11 is 1.57. The number of hydrogen-bond acceptors (Lipinski definition) is 5. The van der Waals surface area contributed by atoms with Gasteiger partial charge in [-0.2, -0.15) is 0 Å². The molecule has 0 radical (unpaired) electrons. The molecule has 0 aliphatic carbocycles. The van der Waals surface area contributed by atoms with E-state index in [0.717, 1.165) is 23.2 Å². The summed E-state index contributed by atoms with van der Waals surface area (Å²) in [5.41, 5.74) is 0.0490. The molecule has 1 fully saturated rings. The van der Waals surface area contributed by atoms with Crippen LogP contribution in [0.5, 0.6) is 0 Å². The monoisotopic (exact) mass is 453 g/mol. The number of aliphatic hydroxyl groups is 1. The second-order valence-electron chi connectivity index (χ2n) is 8.98. The van der Waals surface area contributed by atoms with Gasteiger partial charge in [0.05, 0.1) is 23.9 Å². The highest BCUT2D eigenvalue weighted by molar-refractivity contribution is 7.18. The SMILES string of the molecule is CCCc1cc2c(=O)n(CC3(O)CCN(C(=O)CC(C)c4ccccc4)CC3)cnc2s1. The van der Waals surface area contributed by atoms with Crippen molar-refractivity contribution in [3.8, 4) is 0 Å². The Morgan fingerprint density at radius 1 is 1.25 bits per heavy atom. The molecule has 170 valence electrons. The van der Waals surface area contributed by atoms with Crippen molar-refractivity contribution in [1.29, 1.82) is 0 Å². The van der Waals surface area contributed by atoms with E-state index in [1.54, 1.807) is 17.7 Å². The van der Waals surface area contributed by atoms with Gasteiger partial charge in [-0.05, 0) is 36.8 Å². The van der Waals surface area contributed by atoms with Gasteiger partial charge in [0.2, 0.25) is 5.91 Å². The van der Waals surface area contributed by atoms with Gasteiger partial charge in [-0.3, -0.25) is 14.2 Å². The van der Waals surface area contributed by atoms with E-state index in [0.29, 0.717) is 37.7 Å². The van der Waals surface area contributed by atoms with Gasteiger partial charge in [-0.1, -0.05) is 50.6 Å². The zero-order valence-electron chi connectivity index (χ0n) is 18.8. The number of aromatic nitrogens is 2. The lowest BCUT2D eigenvalue weighted by Gasteiger charge is -2.38. The van der Waals surface area contributed by atoms with E-state index in [1.165, 1.54) is 9.44 Å². The quantitative estimate of drug-likeness (QED) is 0.588. The summed E-state index contributed by atoms with van der Waals surface area (Å²) in [5, 5.41) is 11.8. The average molecular weight is 454 g/mol. The van der Waals surface area contributed by atoms with E-state index in [1.807, 2.05) is 41.3 Å². The molecule has 7 heteroatoms. The number of benzene rings is 1. The standard InChI is InChI=1S/C25H31N3O3S/c1-3-7-20-15-21-23(32-20)26-17-28(24(21)30)16-25(31)10-12-27(13-11-25)22(29)14-18(2)19-8-5-4-6-9-19/h4-6,8-9,15,17-18,31H,3,7,10-14,16H2,1-2H3. The minimum absolute atomic E-state index is 0.0998. The van der Waals surface area contributed by atoms with Crippen molar-refractivity contribution in [2.24, 2.45) is 0 Å². The van der Waals surface area contributed by atoms with Crippen molar-refractivity contribution >= 4 is 27.5 Å². The number of piperidine rings is 1. The predicted molar refractivity (Wildman–Crippen MR) is 128 cm³/mol. The fraction of sp³-hybridized carbons (Fsp3) is 0.480. The van der Waals surface area contributed by atoms with Crippen LogP contribution in [0.25, 0.3) is 10.2 Å². The average Bonchev–Trinajstić information content (AvgIpc) is 3.20. The summed E-state index contributed by atoms with van der Waals surface area (Å²) in [6.45, 7) is 5.39. The lowest BCUT2D eigenvalue weighted by molar-refractivity contribution is -0.136. The minimum Gasteiger partial charge on any atom is -0.388 e. The largest absolute Gasteiger partial charge is 0.388 e. The molecular weight excluding hydrogens is 422 g/mol. The number of amides is 1. The zero-order chi connectivity index (χ0) is 22.7. The number of rotatable bonds is 7.